The Labute approximate surface area is 79.4 Å². The van der Waals surface area contributed by atoms with E-state index >= 15 is 0 Å². The highest BCUT2D eigenvalue weighted by molar-refractivity contribution is 5.93. The van der Waals surface area contributed by atoms with Crippen molar-refractivity contribution in [3.8, 4) is 11.3 Å². The minimum atomic E-state index is -1.07. The second-order valence-electron chi connectivity index (χ2n) is 2.85. The van der Waals surface area contributed by atoms with Gasteiger partial charge in [-0.3, -0.25) is 5.10 Å². The van der Waals surface area contributed by atoms with E-state index < -0.39 is 5.97 Å². The van der Waals surface area contributed by atoms with Crippen molar-refractivity contribution in [2.45, 2.75) is 6.92 Å². The topological polar surface area (TPSA) is 79.1 Å². The van der Waals surface area contributed by atoms with E-state index in [-0.39, 0.29) is 5.69 Å². The van der Waals surface area contributed by atoms with Gasteiger partial charge in [-0.1, -0.05) is 0 Å². The summed E-state index contributed by atoms with van der Waals surface area (Å²) >= 11 is 0. The second-order valence-corrected chi connectivity index (χ2v) is 2.85. The monoisotopic (exact) mass is 192 g/mol. The SMILES string of the molecule is Cc1[nH]nc(C(=O)O)c1-c1ccco1. The summed E-state index contributed by atoms with van der Waals surface area (Å²) in [6.07, 6.45) is 1.49. The number of furan rings is 1. The number of hydrogen-bond acceptors (Lipinski definition) is 3. The normalized spacial score (nSPS) is 10.4. The zero-order chi connectivity index (χ0) is 10.1. The third kappa shape index (κ3) is 1.19. The predicted octanol–water partition coefficient (Wildman–Crippen LogP) is 1.68. The first-order valence-electron chi connectivity index (χ1n) is 4.02. The number of H-pyrrole nitrogens is 1. The molecule has 0 bridgehead atoms. The predicted molar refractivity (Wildman–Crippen MR) is 48.0 cm³/mol. The van der Waals surface area contributed by atoms with Crippen LogP contribution in [0.1, 0.15) is 16.2 Å². The lowest BCUT2D eigenvalue weighted by molar-refractivity contribution is 0.0691. The summed E-state index contributed by atoms with van der Waals surface area (Å²) < 4.78 is 5.13. The van der Waals surface area contributed by atoms with E-state index in [0.717, 1.165) is 0 Å². The fourth-order valence-corrected chi connectivity index (χ4v) is 1.31. The fourth-order valence-electron chi connectivity index (χ4n) is 1.31. The average Bonchev–Trinajstić information content (AvgIpc) is 2.71. The minimum Gasteiger partial charge on any atom is -0.476 e. The highest BCUT2D eigenvalue weighted by atomic mass is 16.4. The number of carbonyl (C=O) groups is 1. The van der Waals surface area contributed by atoms with E-state index in [0.29, 0.717) is 17.0 Å². The Bertz CT molecular complexity index is 456. The molecule has 0 saturated heterocycles. The molecule has 0 aliphatic heterocycles. The molecule has 0 radical (unpaired) electrons. The van der Waals surface area contributed by atoms with Crippen LogP contribution in [0, 0.1) is 6.92 Å². The first kappa shape index (κ1) is 8.55. The van der Waals surface area contributed by atoms with Crippen LogP contribution in [0.4, 0.5) is 0 Å². The van der Waals surface area contributed by atoms with E-state index in [1.807, 2.05) is 0 Å². The van der Waals surface area contributed by atoms with Gasteiger partial charge in [0.05, 0.1) is 11.8 Å². The molecule has 0 saturated carbocycles. The molecule has 2 aromatic heterocycles. The van der Waals surface area contributed by atoms with Crippen LogP contribution in [0.25, 0.3) is 11.3 Å². The lowest BCUT2D eigenvalue weighted by Gasteiger charge is -1.95. The summed E-state index contributed by atoms with van der Waals surface area (Å²) in [5.74, 6) is -0.561. The number of nitrogens with one attached hydrogen (secondary N) is 1. The first-order chi connectivity index (χ1) is 6.70. The number of carboxylic acid groups (broad SMARTS) is 1. The molecule has 0 fully saturated rings. The fraction of sp³-hybridized carbons (Fsp3) is 0.111. The van der Waals surface area contributed by atoms with Crippen molar-refractivity contribution in [1.29, 1.82) is 0 Å². The van der Waals surface area contributed by atoms with Crippen LogP contribution in [-0.4, -0.2) is 21.3 Å². The Morgan fingerprint density at radius 3 is 3.00 bits per heavy atom. The molecule has 0 unspecified atom stereocenters. The molecule has 72 valence electrons. The van der Waals surface area contributed by atoms with Crippen LogP contribution in [0.5, 0.6) is 0 Å². The maximum absolute atomic E-state index is 10.8. The molecular weight excluding hydrogens is 184 g/mol. The number of nitrogens with zero attached hydrogens (tertiary/aromatic N) is 1. The third-order valence-electron chi connectivity index (χ3n) is 1.92. The van der Waals surface area contributed by atoms with Gasteiger partial charge in [0.15, 0.2) is 5.69 Å². The standard InChI is InChI=1S/C9H8N2O3/c1-5-7(6-3-2-4-14-6)8(9(12)13)11-10-5/h2-4H,1H3,(H,10,11)(H,12,13). The molecule has 5 nitrogen and oxygen atoms in total. The Kier molecular flexibility index (Phi) is 1.85. The van der Waals surface area contributed by atoms with Crippen molar-refractivity contribution in [2.75, 3.05) is 0 Å². The number of carboxylic acids is 1. The molecule has 5 heteroatoms. The van der Waals surface area contributed by atoms with E-state index in [9.17, 15) is 4.79 Å². The quantitative estimate of drug-likeness (QED) is 0.758. The number of rotatable bonds is 2. The largest absolute Gasteiger partial charge is 0.476 e. The zero-order valence-electron chi connectivity index (χ0n) is 7.44. The van der Waals surface area contributed by atoms with E-state index in [1.54, 1.807) is 19.1 Å². The number of hydrogen-bond donors (Lipinski definition) is 2. The van der Waals surface area contributed by atoms with Crippen LogP contribution in [0.15, 0.2) is 22.8 Å². The van der Waals surface area contributed by atoms with Crippen molar-refractivity contribution in [3.63, 3.8) is 0 Å². The van der Waals surface area contributed by atoms with E-state index in [4.69, 9.17) is 9.52 Å². The lowest BCUT2D eigenvalue weighted by atomic mass is 10.1. The van der Waals surface area contributed by atoms with Crippen LogP contribution in [0.3, 0.4) is 0 Å². The van der Waals surface area contributed by atoms with Gasteiger partial charge in [0.2, 0.25) is 0 Å². The maximum atomic E-state index is 10.8. The Balaban J connectivity index is 2.62. The van der Waals surface area contributed by atoms with E-state index in [1.165, 1.54) is 6.26 Å². The van der Waals surface area contributed by atoms with Crippen LogP contribution in [-0.2, 0) is 0 Å². The number of aromatic nitrogens is 2. The summed E-state index contributed by atoms with van der Waals surface area (Å²) in [5.41, 5.74) is 1.16. The van der Waals surface area contributed by atoms with Crippen molar-refractivity contribution >= 4 is 5.97 Å². The average molecular weight is 192 g/mol. The molecule has 0 aliphatic carbocycles. The molecule has 2 aromatic rings. The van der Waals surface area contributed by atoms with Gasteiger partial charge in [-0.05, 0) is 19.1 Å². The van der Waals surface area contributed by atoms with Gasteiger partial charge in [-0.25, -0.2) is 4.79 Å². The Hall–Kier alpha value is -2.04. The summed E-state index contributed by atoms with van der Waals surface area (Å²) in [6.45, 7) is 1.75. The molecule has 2 N–H and O–H groups in total. The third-order valence-corrected chi connectivity index (χ3v) is 1.92. The molecular formula is C9H8N2O3. The molecule has 14 heavy (non-hydrogen) atoms. The second kappa shape index (κ2) is 3.02. The van der Waals surface area contributed by atoms with Crippen LogP contribution < -0.4 is 0 Å². The molecule has 0 atom stereocenters. The van der Waals surface area contributed by atoms with E-state index in [2.05, 4.69) is 10.2 Å². The van der Waals surface area contributed by atoms with Crippen molar-refractivity contribution in [3.05, 3.63) is 29.8 Å². The van der Waals surface area contributed by atoms with Gasteiger partial charge < -0.3 is 9.52 Å². The summed E-state index contributed by atoms with van der Waals surface area (Å²) in [7, 11) is 0. The molecule has 0 aromatic carbocycles. The van der Waals surface area contributed by atoms with Gasteiger partial charge in [-0.2, -0.15) is 5.10 Å². The zero-order valence-corrected chi connectivity index (χ0v) is 7.44. The molecule has 0 spiro atoms. The smallest absolute Gasteiger partial charge is 0.357 e. The molecule has 0 aliphatic rings. The highest BCUT2D eigenvalue weighted by Crippen LogP contribution is 2.25. The van der Waals surface area contributed by atoms with Gasteiger partial charge >= 0.3 is 5.97 Å². The minimum absolute atomic E-state index is 0.0162. The van der Waals surface area contributed by atoms with Crippen LogP contribution >= 0.6 is 0 Å². The first-order valence-corrected chi connectivity index (χ1v) is 4.02. The molecule has 0 amide bonds. The number of aryl methyl sites for hydroxylation is 1. The van der Waals surface area contributed by atoms with Gasteiger partial charge in [-0.15, -0.1) is 0 Å². The Morgan fingerprint density at radius 2 is 2.43 bits per heavy atom. The lowest BCUT2D eigenvalue weighted by Crippen LogP contribution is -1.98. The Morgan fingerprint density at radius 1 is 1.64 bits per heavy atom. The van der Waals surface area contributed by atoms with Crippen molar-refractivity contribution in [1.82, 2.24) is 10.2 Å². The van der Waals surface area contributed by atoms with Gasteiger partial charge in [0, 0.05) is 5.69 Å². The molecule has 2 heterocycles. The highest BCUT2D eigenvalue weighted by Gasteiger charge is 2.19. The van der Waals surface area contributed by atoms with Gasteiger partial charge in [0.25, 0.3) is 0 Å². The van der Waals surface area contributed by atoms with Crippen LogP contribution in [0.2, 0.25) is 0 Å². The van der Waals surface area contributed by atoms with Gasteiger partial charge in [0.1, 0.15) is 5.76 Å². The van der Waals surface area contributed by atoms with Crippen molar-refractivity contribution < 1.29 is 14.3 Å². The summed E-state index contributed by atoms with van der Waals surface area (Å²) in [4.78, 5) is 10.8. The number of aromatic amines is 1. The number of aromatic carboxylic acids is 1. The summed E-state index contributed by atoms with van der Waals surface area (Å²) in [5, 5.41) is 15.2. The van der Waals surface area contributed by atoms with Crippen molar-refractivity contribution in [2.24, 2.45) is 0 Å². The molecule has 2 rings (SSSR count). The summed E-state index contributed by atoms with van der Waals surface area (Å²) in [6, 6.07) is 3.40. The maximum Gasteiger partial charge on any atom is 0.357 e.